The molecule has 0 aliphatic heterocycles. The van der Waals surface area contributed by atoms with Crippen LogP contribution in [0.4, 0.5) is 0 Å². The minimum Gasteiger partial charge on any atom is -0.465 e. The molecule has 0 aromatic heterocycles. The number of nitrogens with two attached hydrogens (primary N) is 1. The van der Waals surface area contributed by atoms with E-state index in [-0.39, 0.29) is 18.4 Å². The smallest absolute Gasteiger partial charge is 0.322 e. The van der Waals surface area contributed by atoms with Gasteiger partial charge >= 0.3 is 5.97 Å². The zero-order valence-electron chi connectivity index (χ0n) is 10.5. The van der Waals surface area contributed by atoms with E-state index < -0.39 is 6.04 Å². The summed E-state index contributed by atoms with van der Waals surface area (Å²) in [5.41, 5.74) is 5.67. The van der Waals surface area contributed by atoms with Crippen molar-refractivity contribution in [3.8, 4) is 0 Å². The number of carbonyl (C=O) groups excluding carboxylic acids is 1. The van der Waals surface area contributed by atoms with E-state index in [1.807, 2.05) is 0 Å². The monoisotopic (exact) mass is 251 g/mol. The van der Waals surface area contributed by atoms with Gasteiger partial charge in [-0.2, -0.15) is 0 Å². The van der Waals surface area contributed by atoms with Gasteiger partial charge in [0, 0.05) is 0 Å². The number of unbranched alkanes of at least 4 members (excludes halogenated alkanes) is 5. The standard InChI is InChI=1S/C12H25NO2.ClH/c1-3-5-6-7-8-9-10-11(13)12(14)15-4-2;/h11H,3-10,13H2,1-2H3;1H/t11-;/m0./s1. The molecule has 4 heteroatoms. The molecule has 0 aromatic carbocycles. The first-order valence-corrected chi connectivity index (χ1v) is 6.14. The zero-order valence-corrected chi connectivity index (χ0v) is 11.4. The number of rotatable bonds is 9. The summed E-state index contributed by atoms with van der Waals surface area (Å²) in [6, 6.07) is -0.420. The van der Waals surface area contributed by atoms with Crippen molar-refractivity contribution in [3.05, 3.63) is 0 Å². The molecule has 0 aliphatic rings. The summed E-state index contributed by atoms with van der Waals surface area (Å²) in [6.45, 7) is 4.43. The van der Waals surface area contributed by atoms with Crippen molar-refractivity contribution in [2.45, 2.75) is 64.8 Å². The molecule has 2 N–H and O–H groups in total. The predicted octanol–water partition coefficient (Wildman–Crippen LogP) is 3.05. The summed E-state index contributed by atoms with van der Waals surface area (Å²) >= 11 is 0. The Balaban J connectivity index is 0. The SMILES string of the molecule is CCCCCCCC[C@H](N)C(=O)OCC.Cl. The number of esters is 1. The van der Waals surface area contributed by atoms with Gasteiger partial charge in [0.25, 0.3) is 0 Å². The number of hydrogen-bond donors (Lipinski definition) is 1. The van der Waals surface area contributed by atoms with Gasteiger partial charge in [0.2, 0.25) is 0 Å². The van der Waals surface area contributed by atoms with Crippen molar-refractivity contribution in [2.75, 3.05) is 6.61 Å². The molecule has 3 nitrogen and oxygen atoms in total. The summed E-state index contributed by atoms with van der Waals surface area (Å²) in [5.74, 6) is -0.258. The third kappa shape index (κ3) is 10.2. The summed E-state index contributed by atoms with van der Waals surface area (Å²) in [7, 11) is 0. The van der Waals surface area contributed by atoms with Crippen LogP contribution in [0.25, 0.3) is 0 Å². The van der Waals surface area contributed by atoms with Gasteiger partial charge in [0.15, 0.2) is 0 Å². The molecule has 16 heavy (non-hydrogen) atoms. The normalized spacial score (nSPS) is 11.7. The van der Waals surface area contributed by atoms with Gasteiger partial charge in [-0.1, -0.05) is 45.4 Å². The molecule has 0 amide bonds. The molecule has 0 aromatic rings. The first-order chi connectivity index (χ1) is 7.22. The maximum Gasteiger partial charge on any atom is 0.322 e. The maximum atomic E-state index is 11.2. The molecule has 1 atom stereocenters. The molecule has 98 valence electrons. The Bertz CT molecular complexity index is 165. The molecular weight excluding hydrogens is 226 g/mol. The second-order valence-electron chi connectivity index (χ2n) is 3.91. The van der Waals surface area contributed by atoms with E-state index in [0.29, 0.717) is 6.61 Å². The fourth-order valence-electron chi connectivity index (χ4n) is 1.51. The lowest BCUT2D eigenvalue weighted by Crippen LogP contribution is -2.32. The Morgan fingerprint density at radius 1 is 1.12 bits per heavy atom. The highest BCUT2D eigenvalue weighted by atomic mass is 35.5. The van der Waals surface area contributed by atoms with Crippen LogP contribution in [0.1, 0.15) is 58.8 Å². The van der Waals surface area contributed by atoms with Crippen LogP contribution in [0.3, 0.4) is 0 Å². The minimum absolute atomic E-state index is 0. The lowest BCUT2D eigenvalue weighted by atomic mass is 10.1. The van der Waals surface area contributed by atoms with Gasteiger partial charge in [-0.05, 0) is 13.3 Å². The van der Waals surface area contributed by atoms with E-state index in [4.69, 9.17) is 10.5 Å². The summed E-state index contributed by atoms with van der Waals surface area (Å²) in [6.07, 6.45) is 8.09. The molecule has 0 radical (unpaired) electrons. The van der Waals surface area contributed by atoms with Crippen molar-refractivity contribution in [1.82, 2.24) is 0 Å². The summed E-state index contributed by atoms with van der Waals surface area (Å²) in [4.78, 5) is 11.2. The van der Waals surface area contributed by atoms with E-state index in [2.05, 4.69) is 6.92 Å². The quantitative estimate of drug-likeness (QED) is 0.506. The highest BCUT2D eigenvalue weighted by molar-refractivity contribution is 5.85. The maximum absolute atomic E-state index is 11.2. The molecule has 0 rings (SSSR count). The predicted molar refractivity (Wildman–Crippen MR) is 69.8 cm³/mol. The third-order valence-corrected chi connectivity index (χ3v) is 2.46. The topological polar surface area (TPSA) is 52.3 Å². The molecule has 0 heterocycles. The van der Waals surface area contributed by atoms with Gasteiger partial charge in [0.05, 0.1) is 6.61 Å². The van der Waals surface area contributed by atoms with Crippen LogP contribution in [-0.4, -0.2) is 18.6 Å². The first-order valence-electron chi connectivity index (χ1n) is 6.14. The first kappa shape index (κ1) is 18.1. The van der Waals surface area contributed by atoms with Crippen LogP contribution in [-0.2, 0) is 9.53 Å². The minimum atomic E-state index is -0.420. The number of hydrogen-bond acceptors (Lipinski definition) is 3. The number of halogens is 1. The fourth-order valence-corrected chi connectivity index (χ4v) is 1.51. The van der Waals surface area contributed by atoms with Crippen molar-refractivity contribution < 1.29 is 9.53 Å². The average Bonchev–Trinajstić information content (AvgIpc) is 2.23. The Labute approximate surface area is 106 Å². The van der Waals surface area contributed by atoms with Crippen LogP contribution >= 0.6 is 12.4 Å². The van der Waals surface area contributed by atoms with Crippen molar-refractivity contribution in [2.24, 2.45) is 5.73 Å². The van der Waals surface area contributed by atoms with Gasteiger partial charge in [-0.25, -0.2) is 0 Å². The highest BCUT2D eigenvalue weighted by Gasteiger charge is 2.13. The van der Waals surface area contributed by atoms with E-state index in [1.54, 1.807) is 6.92 Å². The zero-order chi connectivity index (χ0) is 11.5. The molecule has 0 fully saturated rings. The van der Waals surface area contributed by atoms with Crippen molar-refractivity contribution in [3.63, 3.8) is 0 Å². The van der Waals surface area contributed by atoms with Crippen molar-refractivity contribution in [1.29, 1.82) is 0 Å². The lowest BCUT2D eigenvalue weighted by molar-refractivity contribution is -0.144. The Hall–Kier alpha value is -0.280. The van der Waals surface area contributed by atoms with Crippen LogP contribution in [0, 0.1) is 0 Å². The van der Waals surface area contributed by atoms with Crippen LogP contribution < -0.4 is 5.73 Å². The highest BCUT2D eigenvalue weighted by Crippen LogP contribution is 2.08. The fraction of sp³-hybridized carbons (Fsp3) is 0.917. The van der Waals surface area contributed by atoms with Gasteiger partial charge in [-0.3, -0.25) is 4.79 Å². The molecule has 0 spiro atoms. The number of carbonyl (C=O) groups is 1. The van der Waals surface area contributed by atoms with Crippen molar-refractivity contribution >= 4 is 18.4 Å². The Morgan fingerprint density at radius 2 is 1.69 bits per heavy atom. The molecule has 0 aliphatic carbocycles. The molecule has 0 unspecified atom stereocenters. The van der Waals surface area contributed by atoms with E-state index in [0.717, 1.165) is 12.8 Å². The second-order valence-corrected chi connectivity index (χ2v) is 3.91. The molecule has 0 bridgehead atoms. The summed E-state index contributed by atoms with van der Waals surface area (Å²) in [5, 5.41) is 0. The largest absolute Gasteiger partial charge is 0.465 e. The Morgan fingerprint density at radius 3 is 2.25 bits per heavy atom. The van der Waals surface area contributed by atoms with Gasteiger partial charge in [0.1, 0.15) is 6.04 Å². The molecule has 0 saturated heterocycles. The lowest BCUT2D eigenvalue weighted by Gasteiger charge is -2.09. The van der Waals surface area contributed by atoms with Crippen LogP contribution in [0.5, 0.6) is 0 Å². The molecule has 0 saturated carbocycles. The molecular formula is C12H26ClNO2. The second kappa shape index (κ2) is 12.8. The summed E-state index contributed by atoms with van der Waals surface area (Å²) < 4.78 is 4.84. The third-order valence-electron chi connectivity index (χ3n) is 2.46. The average molecular weight is 252 g/mol. The van der Waals surface area contributed by atoms with Crippen LogP contribution in [0.2, 0.25) is 0 Å². The van der Waals surface area contributed by atoms with E-state index in [1.165, 1.54) is 32.1 Å². The van der Waals surface area contributed by atoms with E-state index >= 15 is 0 Å². The van der Waals surface area contributed by atoms with Gasteiger partial charge < -0.3 is 10.5 Å². The van der Waals surface area contributed by atoms with Crippen LogP contribution in [0.15, 0.2) is 0 Å². The number of ether oxygens (including phenoxy) is 1. The van der Waals surface area contributed by atoms with Gasteiger partial charge in [-0.15, -0.1) is 12.4 Å². The Kier molecular flexibility index (Phi) is 14.5. The van der Waals surface area contributed by atoms with E-state index in [9.17, 15) is 4.79 Å².